The van der Waals surface area contributed by atoms with Crippen LogP contribution in [0.4, 0.5) is 0 Å². The van der Waals surface area contributed by atoms with Gasteiger partial charge in [-0.25, -0.2) is 9.59 Å². The van der Waals surface area contributed by atoms with Gasteiger partial charge in [-0.2, -0.15) is 0 Å². The summed E-state index contributed by atoms with van der Waals surface area (Å²) in [6.07, 6.45) is 6.04. The minimum atomic E-state index is -0.501. The lowest BCUT2D eigenvalue weighted by Crippen LogP contribution is -2.32. The number of benzene rings is 1. The smallest absolute Gasteiger partial charge is 0.334 e. The van der Waals surface area contributed by atoms with Crippen molar-refractivity contribution in [1.82, 2.24) is 0 Å². The molecule has 1 fully saturated rings. The molecule has 2 aliphatic heterocycles. The standard InChI is InChI=1S/C25H24O6/c1-14-9-18-11-17(25(27)30-18)12-22-23(15(2)24(26)31-22)21(10-14)28-8-7-16-13-29-20-6-4-3-5-19(16)20/h3-6,10-11,13,18,21-23H,2,7-9,12H2,1H3/b14-10+/t18-,21-,22+,23+/m1/s1. The Kier molecular flexibility index (Phi) is 5.02. The largest absolute Gasteiger partial charge is 0.464 e. The van der Waals surface area contributed by atoms with Crippen LogP contribution in [0.1, 0.15) is 25.3 Å². The van der Waals surface area contributed by atoms with E-state index in [2.05, 4.69) is 6.58 Å². The molecule has 1 saturated heterocycles. The van der Waals surface area contributed by atoms with Gasteiger partial charge in [0.2, 0.25) is 0 Å². The molecule has 0 unspecified atom stereocenters. The van der Waals surface area contributed by atoms with Gasteiger partial charge in [0.05, 0.1) is 24.9 Å². The van der Waals surface area contributed by atoms with Gasteiger partial charge in [0.1, 0.15) is 17.8 Å². The molecular weight excluding hydrogens is 396 g/mol. The van der Waals surface area contributed by atoms with Crippen LogP contribution in [-0.2, 0) is 30.2 Å². The summed E-state index contributed by atoms with van der Waals surface area (Å²) in [5, 5.41) is 1.07. The number of furan rings is 1. The number of esters is 2. The number of fused-ring (bicyclic) bond motifs is 3. The highest BCUT2D eigenvalue weighted by Crippen LogP contribution is 2.38. The van der Waals surface area contributed by atoms with Crippen LogP contribution in [0.3, 0.4) is 0 Å². The third-order valence-corrected chi connectivity index (χ3v) is 6.22. The fourth-order valence-electron chi connectivity index (χ4n) is 4.69. The number of rotatable bonds is 4. The third kappa shape index (κ3) is 3.72. The van der Waals surface area contributed by atoms with Crippen LogP contribution < -0.4 is 0 Å². The van der Waals surface area contributed by atoms with E-state index in [0.29, 0.717) is 37.0 Å². The number of para-hydroxylation sites is 1. The van der Waals surface area contributed by atoms with Gasteiger partial charge in [-0.05, 0) is 25.5 Å². The third-order valence-electron chi connectivity index (χ3n) is 6.22. The lowest BCUT2D eigenvalue weighted by Gasteiger charge is -2.26. The molecule has 1 aromatic heterocycles. The summed E-state index contributed by atoms with van der Waals surface area (Å²) in [6.45, 7) is 6.40. The van der Waals surface area contributed by atoms with Gasteiger partial charge in [-0.3, -0.25) is 0 Å². The molecular formula is C25H24O6. The first kappa shape index (κ1) is 19.8. The maximum absolute atomic E-state index is 12.3. The second-order valence-electron chi connectivity index (χ2n) is 8.39. The highest BCUT2D eigenvalue weighted by Gasteiger charge is 2.45. The number of hydrogen-bond donors (Lipinski definition) is 0. The minimum absolute atomic E-state index is 0.284. The second-order valence-corrected chi connectivity index (χ2v) is 8.39. The molecule has 0 spiro atoms. The van der Waals surface area contributed by atoms with Crippen molar-refractivity contribution in [2.75, 3.05) is 6.61 Å². The lowest BCUT2D eigenvalue weighted by molar-refractivity contribution is -0.142. The normalized spacial score (nSPS) is 29.8. The van der Waals surface area contributed by atoms with Crippen LogP contribution in [0.2, 0.25) is 0 Å². The van der Waals surface area contributed by atoms with Gasteiger partial charge >= 0.3 is 11.9 Å². The molecule has 6 nitrogen and oxygen atoms in total. The van der Waals surface area contributed by atoms with E-state index in [9.17, 15) is 9.59 Å². The van der Waals surface area contributed by atoms with Crippen LogP contribution in [-0.4, -0.2) is 36.9 Å². The second kappa shape index (κ2) is 7.85. The van der Waals surface area contributed by atoms with E-state index >= 15 is 0 Å². The number of ether oxygens (including phenoxy) is 3. The Labute approximate surface area is 180 Å². The molecule has 6 heteroatoms. The lowest BCUT2D eigenvalue weighted by atomic mass is 9.85. The quantitative estimate of drug-likeness (QED) is 0.422. The van der Waals surface area contributed by atoms with Gasteiger partial charge in [0.15, 0.2) is 0 Å². The van der Waals surface area contributed by atoms with Gasteiger partial charge in [-0.1, -0.05) is 36.4 Å². The highest BCUT2D eigenvalue weighted by molar-refractivity contribution is 5.93. The zero-order chi connectivity index (χ0) is 21.5. The molecule has 1 aliphatic carbocycles. The van der Waals surface area contributed by atoms with Crippen LogP contribution in [0.15, 0.2) is 70.4 Å². The molecule has 0 saturated carbocycles. The zero-order valence-electron chi connectivity index (χ0n) is 17.3. The average molecular weight is 420 g/mol. The van der Waals surface area contributed by atoms with Crippen LogP contribution >= 0.6 is 0 Å². The molecule has 4 atom stereocenters. The van der Waals surface area contributed by atoms with E-state index in [1.165, 1.54) is 0 Å². The summed E-state index contributed by atoms with van der Waals surface area (Å²) in [4.78, 5) is 24.5. The first-order valence-electron chi connectivity index (χ1n) is 10.5. The molecule has 2 bridgehead atoms. The fraction of sp³-hybridized carbons (Fsp3) is 0.360. The van der Waals surface area contributed by atoms with E-state index in [-0.39, 0.29) is 24.1 Å². The Morgan fingerprint density at radius 3 is 2.81 bits per heavy atom. The molecule has 3 aliphatic rings. The Balaban J connectivity index is 1.38. The summed E-state index contributed by atoms with van der Waals surface area (Å²) in [6, 6.07) is 7.90. The van der Waals surface area contributed by atoms with Crippen molar-refractivity contribution in [3.63, 3.8) is 0 Å². The molecule has 5 rings (SSSR count). The summed E-state index contributed by atoms with van der Waals surface area (Å²) in [7, 11) is 0. The predicted molar refractivity (Wildman–Crippen MR) is 113 cm³/mol. The van der Waals surface area contributed by atoms with Gasteiger partial charge in [0.25, 0.3) is 0 Å². The van der Waals surface area contributed by atoms with E-state index in [0.717, 1.165) is 22.1 Å². The fourth-order valence-corrected chi connectivity index (χ4v) is 4.69. The topological polar surface area (TPSA) is 75.0 Å². The van der Waals surface area contributed by atoms with Gasteiger partial charge in [0, 0.05) is 34.9 Å². The SMILES string of the molecule is C=C1C(=O)O[C@H]2CC3=C[C@@H](C/C(C)=C/[C@@H](OCCc4coc5ccccc45)[C@H]12)OC3=O. The Bertz CT molecular complexity index is 1120. The monoisotopic (exact) mass is 420 g/mol. The Hall–Kier alpha value is -3.12. The molecule has 31 heavy (non-hydrogen) atoms. The van der Waals surface area contributed by atoms with Crippen molar-refractivity contribution in [2.24, 2.45) is 5.92 Å². The summed E-state index contributed by atoms with van der Waals surface area (Å²) in [5.74, 6) is -1.12. The first-order chi connectivity index (χ1) is 15.0. The Morgan fingerprint density at radius 2 is 1.94 bits per heavy atom. The first-order valence-corrected chi connectivity index (χ1v) is 10.5. The van der Waals surface area contributed by atoms with E-state index < -0.39 is 12.1 Å². The van der Waals surface area contributed by atoms with Crippen LogP contribution in [0, 0.1) is 5.92 Å². The molecule has 0 amide bonds. The number of hydrogen-bond acceptors (Lipinski definition) is 6. The zero-order valence-corrected chi connectivity index (χ0v) is 17.3. The molecule has 0 radical (unpaired) electrons. The van der Waals surface area contributed by atoms with Crippen molar-refractivity contribution in [3.05, 3.63) is 71.5 Å². The molecule has 160 valence electrons. The van der Waals surface area contributed by atoms with Crippen LogP contribution in [0.5, 0.6) is 0 Å². The summed E-state index contributed by atoms with van der Waals surface area (Å²) >= 11 is 0. The average Bonchev–Trinajstić information content (AvgIpc) is 3.38. The summed E-state index contributed by atoms with van der Waals surface area (Å²) in [5.41, 5.74) is 3.90. The highest BCUT2D eigenvalue weighted by atomic mass is 16.6. The number of carbonyl (C=O) groups is 2. The molecule has 2 aromatic rings. The minimum Gasteiger partial charge on any atom is -0.464 e. The van der Waals surface area contributed by atoms with Crippen molar-refractivity contribution >= 4 is 22.9 Å². The molecule has 0 N–H and O–H groups in total. The van der Waals surface area contributed by atoms with Gasteiger partial charge in [-0.15, -0.1) is 0 Å². The van der Waals surface area contributed by atoms with Crippen molar-refractivity contribution < 1.29 is 28.2 Å². The van der Waals surface area contributed by atoms with E-state index in [4.69, 9.17) is 18.6 Å². The summed E-state index contributed by atoms with van der Waals surface area (Å²) < 4.78 is 22.9. The van der Waals surface area contributed by atoms with E-state index in [1.54, 1.807) is 6.26 Å². The molecule has 1 aromatic carbocycles. The predicted octanol–water partition coefficient (Wildman–Crippen LogP) is 4.05. The van der Waals surface area contributed by atoms with Crippen molar-refractivity contribution in [1.29, 1.82) is 0 Å². The Morgan fingerprint density at radius 1 is 1.10 bits per heavy atom. The van der Waals surface area contributed by atoms with Crippen LogP contribution in [0.25, 0.3) is 11.0 Å². The maximum atomic E-state index is 12.3. The maximum Gasteiger partial charge on any atom is 0.334 e. The van der Waals surface area contributed by atoms with Crippen molar-refractivity contribution in [2.45, 2.75) is 44.5 Å². The van der Waals surface area contributed by atoms with Crippen molar-refractivity contribution in [3.8, 4) is 0 Å². The molecule has 3 heterocycles. The van der Waals surface area contributed by atoms with E-state index in [1.807, 2.05) is 43.3 Å². The number of carbonyl (C=O) groups excluding carboxylic acids is 2. The van der Waals surface area contributed by atoms with Gasteiger partial charge < -0.3 is 18.6 Å².